The first-order chi connectivity index (χ1) is 20.2. The van der Waals surface area contributed by atoms with Crippen molar-refractivity contribution in [1.29, 1.82) is 0 Å². The van der Waals surface area contributed by atoms with Gasteiger partial charge in [0.05, 0.1) is 32.0 Å². The maximum Gasteiger partial charge on any atom is 0.347 e. The molecule has 0 aromatic carbocycles. The Morgan fingerprint density at radius 2 is 1.84 bits per heavy atom. The first kappa shape index (κ1) is 29.8. The number of esters is 4. The summed E-state index contributed by atoms with van der Waals surface area (Å²) in [6, 6.07) is 1.79. The summed E-state index contributed by atoms with van der Waals surface area (Å²) >= 11 is 0. The molecule has 43 heavy (non-hydrogen) atoms. The lowest BCUT2D eigenvalue weighted by Crippen LogP contribution is -2.74. The molecule has 11 unspecified atom stereocenters. The fourth-order valence-corrected chi connectivity index (χ4v) is 9.99. The highest BCUT2D eigenvalue weighted by Crippen LogP contribution is 2.77. The molecule has 5 aliphatic rings. The molecule has 5 fully saturated rings. The Bertz CT molecular complexity index is 1360. The van der Waals surface area contributed by atoms with E-state index in [9.17, 15) is 24.0 Å². The van der Waals surface area contributed by atoms with Gasteiger partial charge in [0.1, 0.15) is 29.7 Å². The zero-order chi connectivity index (χ0) is 31.3. The molecule has 2 aliphatic heterocycles. The molecule has 0 amide bonds. The first-order valence-electron chi connectivity index (χ1n) is 15.1. The number of carbonyl (C=O) groups excluding carboxylic acids is 5. The average Bonchev–Trinajstić information content (AvgIpc) is 3.40. The molecule has 6 rings (SSSR count). The molecule has 2 saturated heterocycles. The monoisotopic (exact) mass is 600 g/mol. The van der Waals surface area contributed by atoms with Gasteiger partial charge in [0.15, 0.2) is 0 Å². The molecule has 234 valence electrons. The van der Waals surface area contributed by atoms with Gasteiger partial charge in [-0.05, 0) is 18.9 Å². The number of epoxide rings is 1. The number of hydrogen-bond acceptors (Lipinski definition) is 11. The third-order valence-electron chi connectivity index (χ3n) is 11.6. The third-order valence-corrected chi connectivity index (χ3v) is 11.6. The van der Waals surface area contributed by atoms with Gasteiger partial charge in [-0.15, -0.1) is 0 Å². The maximum absolute atomic E-state index is 14.8. The van der Waals surface area contributed by atoms with Crippen LogP contribution in [0.2, 0.25) is 0 Å². The largest absolute Gasteiger partial charge is 0.472 e. The molecule has 1 aromatic heterocycles. The van der Waals surface area contributed by atoms with Crippen molar-refractivity contribution in [1.82, 2.24) is 0 Å². The molecule has 2 bridgehead atoms. The number of hydrogen-bond donors (Lipinski definition) is 0. The van der Waals surface area contributed by atoms with Crippen LogP contribution in [0.5, 0.6) is 0 Å². The summed E-state index contributed by atoms with van der Waals surface area (Å²) in [6.45, 7) is 10.5. The van der Waals surface area contributed by atoms with E-state index in [0.717, 1.165) is 5.56 Å². The summed E-state index contributed by atoms with van der Waals surface area (Å²) in [4.78, 5) is 66.6. The zero-order valence-corrected chi connectivity index (χ0v) is 25.7. The minimum absolute atomic E-state index is 0.0814. The predicted octanol–water partition coefficient (Wildman–Crippen LogP) is 3.73. The molecule has 11 nitrogen and oxygen atoms in total. The van der Waals surface area contributed by atoms with Gasteiger partial charge in [-0.25, -0.2) is 4.79 Å². The van der Waals surface area contributed by atoms with E-state index in [0.29, 0.717) is 12.8 Å². The molecule has 3 saturated carbocycles. The molecule has 1 aromatic rings. The van der Waals surface area contributed by atoms with E-state index < -0.39 is 81.9 Å². The van der Waals surface area contributed by atoms with Crippen molar-refractivity contribution in [3.63, 3.8) is 0 Å². The molecule has 0 N–H and O–H groups in total. The lowest BCUT2D eigenvalue weighted by Gasteiger charge is -2.65. The van der Waals surface area contributed by atoms with Gasteiger partial charge in [0.25, 0.3) is 0 Å². The SMILES string of the molecule is CCC(=O)OC1C2C(=O)C(C)(C(C(OC(C)=O)C(=O)OC)C1(C)C)C1CCC3(C)C(c4ccoc4)OC(=O)CC3C13OC23. The molecule has 11 atom stereocenters. The van der Waals surface area contributed by atoms with Crippen molar-refractivity contribution in [2.24, 2.45) is 39.9 Å². The van der Waals surface area contributed by atoms with Crippen LogP contribution in [0.1, 0.15) is 78.9 Å². The van der Waals surface area contributed by atoms with Gasteiger partial charge >= 0.3 is 23.9 Å². The van der Waals surface area contributed by atoms with Crippen LogP contribution < -0.4 is 0 Å². The molecule has 3 heterocycles. The predicted molar refractivity (Wildman–Crippen MR) is 146 cm³/mol. The fourth-order valence-electron chi connectivity index (χ4n) is 9.99. The average molecular weight is 601 g/mol. The standard InChI is InChI=1S/C32H40O11/c1-8-19(34)41-26-21-24(36)31(6,23(29(26,3)4)22(28(37)38-7)40-15(2)33)17-9-11-30(5)18(32(17)27(21)43-32)13-20(35)42-25(30)16-10-12-39-14-16/h10,12,14,17-18,21-23,25-27H,8-9,11,13H2,1-7H3. The van der Waals surface area contributed by atoms with E-state index in [1.807, 2.05) is 20.8 Å². The van der Waals surface area contributed by atoms with Crippen molar-refractivity contribution in [3.8, 4) is 0 Å². The van der Waals surface area contributed by atoms with Crippen molar-refractivity contribution < 1.29 is 52.1 Å². The van der Waals surface area contributed by atoms with Crippen LogP contribution in [-0.4, -0.2) is 60.7 Å². The third kappa shape index (κ3) is 3.85. The van der Waals surface area contributed by atoms with Gasteiger partial charge in [-0.1, -0.05) is 34.6 Å². The second-order valence-corrected chi connectivity index (χ2v) is 14.0. The van der Waals surface area contributed by atoms with E-state index in [1.165, 1.54) is 14.0 Å². The Kier molecular flexibility index (Phi) is 6.69. The Labute approximate surface area is 250 Å². The lowest BCUT2D eigenvalue weighted by atomic mass is 9.37. The van der Waals surface area contributed by atoms with E-state index in [2.05, 4.69) is 6.92 Å². The van der Waals surface area contributed by atoms with Gasteiger partial charge in [-0.3, -0.25) is 19.2 Å². The van der Waals surface area contributed by atoms with Crippen LogP contribution in [0.15, 0.2) is 23.0 Å². The lowest BCUT2D eigenvalue weighted by molar-refractivity contribution is -0.235. The summed E-state index contributed by atoms with van der Waals surface area (Å²) in [5.41, 5.74) is -2.99. The van der Waals surface area contributed by atoms with Gasteiger partial charge in [-0.2, -0.15) is 0 Å². The zero-order valence-electron chi connectivity index (χ0n) is 25.7. The number of ether oxygens (including phenoxy) is 5. The molecule has 3 aliphatic carbocycles. The highest BCUT2D eigenvalue weighted by molar-refractivity contribution is 5.94. The number of carbonyl (C=O) groups is 5. The van der Waals surface area contributed by atoms with Crippen LogP contribution in [0.4, 0.5) is 0 Å². The number of rotatable bonds is 6. The van der Waals surface area contributed by atoms with Crippen LogP contribution in [0.3, 0.4) is 0 Å². The van der Waals surface area contributed by atoms with E-state index >= 15 is 0 Å². The van der Waals surface area contributed by atoms with Crippen molar-refractivity contribution in [2.45, 2.75) is 97.2 Å². The number of Topliss-reactive ketones (excluding diaryl/α,β-unsaturated/α-hetero) is 1. The van der Waals surface area contributed by atoms with Gasteiger partial charge in [0.2, 0.25) is 6.10 Å². The van der Waals surface area contributed by atoms with E-state index in [1.54, 1.807) is 25.5 Å². The highest BCUT2D eigenvalue weighted by Gasteiger charge is 2.86. The van der Waals surface area contributed by atoms with Crippen molar-refractivity contribution >= 4 is 29.7 Å². The topological polar surface area (TPSA) is 148 Å². The number of methoxy groups -OCH3 is 1. The fraction of sp³-hybridized carbons (Fsp3) is 0.719. The van der Waals surface area contributed by atoms with Crippen LogP contribution in [0, 0.1) is 39.9 Å². The maximum atomic E-state index is 14.8. The number of cyclic esters (lactones) is 1. The highest BCUT2D eigenvalue weighted by atomic mass is 16.6. The second kappa shape index (κ2) is 9.64. The number of furan rings is 1. The normalized spacial score (nSPS) is 42.7. The number of fused-ring (bicyclic) bond motifs is 5. The van der Waals surface area contributed by atoms with Crippen LogP contribution in [0.25, 0.3) is 0 Å². The minimum Gasteiger partial charge on any atom is -0.472 e. The van der Waals surface area contributed by atoms with E-state index in [-0.39, 0.29) is 30.5 Å². The summed E-state index contributed by atoms with van der Waals surface area (Å²) in [7, 11) is 1.20. The van der Waals surface area contributed by atoms with Crippen LogP contribution in [-0.2, 0) is 47.7 Å². The first-order valence-corrected chi connectivity index (χ1v) is 15.1. The molecular weight excluding hydrogens is 560 g/mol. The minimum atomic E-state index is -1.44. The Balaban J connectivity index is 1.54. The Hall–Kier alpha value is -3.21. The van der Waals surface area contributed by atoms with Gasteiger partial charge < -0.3 is 28.1 Å². The second-order valence-electron chi connectivity index (χ2n) is 14.0. The summed E-state index contributed by atoms with van der Waals surface area (Å²) in [6.07, 6.45) is 0.843. The summed E-state index contributed by atoms with van der Waals surface area (Å²) in [5, 5.41) is 0. The van der Waals surface area contributed by atoms with Crippen molar-refractivity contribution in [3.05, 3.63) is 24.2 Å². The smallest absolute Gasteiger partial charge is 0.347 e. The van der Waals surface area contributed by atoms with Gasteiger partial charge in [0, 0.05) is 52.9 Å². The quantitative estimate of drug-likeness (QED) is 0.267. The number of ketones is 1. The molecule has 1 spiro atoms. The Morgan fingerprint density at radius 1 is 1.12 bits per heavy atom. The molecule has 11 heteroatoms. The molecule has 0 radical (unpaired) electrons. The molecular formula is C32H40O11. The Morgan fingerprint density at radius 3 is 2.44 bits per heavy atom. The summed E-state index contributed by atoms with van der Waals surface area (Å²) < 4.78 is 34.9. The van der Waals surface area contributed by atoms with Crippen LogP contribution >= 0.6 is 0 Å². The summed E-state index contributed by atoms with van der Waals surface area (Å²) in [5.74, 6) is -5.08. The van der Waals surface area contributed by atoms with Crippen molar-refractivity contribution in [2.75, 3.05) is 7.11 Å². The van der Waals surface area contributed by atoms with E-state index in [4.69, 9.17) is 28.1 Å².